The number of nitrogen functional groups attached to an aromatic ring is 1. The maximum atomic E-state index is 7.40. The molecule has 0 atom stereocenters. The molecule has 0 aromatic heterocycles. The largest absolute Gasteiger partial charge is 0.398 e. The zero-order valence-corrected chi connectivity index (χ0v) is 6.89. The Kier molecular flexibility index (Phi) is 2.16. The fourth-order valence-corrected chi connectivity index (χ4v) is 0.964. The minimum atomic E-state index is 0.135. The number of benzene rings is 1. The van der Waals surface area contributed by atoms with Crippen LogP contribution >= 0.6 is 0 Å². The van der Waals surface area contributed by atoms with E-state index < -0.39 is 0 Å². The molecule has 0 heterocycles. The van der Waals surface area contributed by atoms with Crippen molar-refractivity contribution in [3.8, 4) is 12.3 Å². The number of rotatable bonds is 1. The molecular weight excluding hydrogens is 148 g/mol. The Hall–Kier alpha value is -1.75. The highest BCUT2D eigenvalue weighted by Crippen LogP contribution is 2.13. The third-order valence-corrected chi connectivity index (χ3v) is 1.62. The average Bonchev–Trinajstić information content (AvgIpc) is 2.08. The van der Waals surface area contributed by atoms with Gasteiger partial charge in [-0.2, -0.15) is 0 Å². The molecular formula is C10H10N2. The summed E-state index contributed by atoms with van der Waals surface area (Å²) in [6.45, 7) is 1.94. The van der Waals surface area contributed by atoms with Crippen LogP contribution in [0.1, 0.15) is 11.1 Å². The Morgan fingerprint density at radius 2 is 2.25 bits per heavy atom. The minimum Gasteiger partial charge on any atom is -0.398 e. The first-order chi connectivity index (χ1) is 5.65. The number of hydrogen-bond acceptors (Lipinski definition) is 2. The van der Waals surface area contributed by atoms with Gasteiger partial charge in [-0.25, -0.2) is 0 Å². The molecule has 0 aliphatic heterocycles. The summed E-state index contributed by atoms with van der Waals surface area (Å²) >= 11 is 0. The molecule has 60 valence electrons. The molecule has 1 rings (SSSR count). The summed E-state index contributed by atoms with van der Waals surface area (Å²) in [6.07, 6.45) is 5.09. The molecule has 1 aromatic carbocycles. The van der Waals surface area contributed by atoms with Crippen molar-refractivity contribution >= 4 is 11.4 Å². The quantitative estimate of drug-likeness (QED) is 0.364. The SMILES string of the molecule is C#CC(=N)c1cc(C)ccc1N. The van der Waals surface area contributed by atoms with Gasteiger partial charge in [0.15, 0.2) is 0 Å². The van der Waals surface area contributed by atoms with Crippen LogP contribution in [0.4, 0.5) is 5.69 Å². The van der Waals surface area contributed by atoms with Crippen LogP contribution < -0.4 is 5.73 Å². The van der Waals surface area contributed by atoms with Gasteiger partial charge in [0.1, 0.15) is 5.71 Å². The molecule has 2 heteroatoms. The molecule has 0 bridgehead atoms. The van der Waals surface area contributed by atoms with E-state index in [0.717, 1.165) is 5.56 Å². The van der Waals surface area contributed by atoms with Gasteiger partial charge in [-0.05, 0) is 19.1 Å². The molecule has 0 spiro atoms. The van der Waals surface area contributed by atoms with Gasteiger partial charge < -0.3 is 5.73 Å². The Morgan fingerprint density at radius 1 is 1.58 bits per heavy atom. The number of nitrogens with two attached hydrogens (primary N) is 1. The van der Waals surface area contributed by atoms with Crippen molar-refractivity contribution in [2.24, 2.45) is 0 Å². The lowest BCUT2D eigenvalue weighted by Crippen LogP contribution is -2.01. The standard InChI is InChI=1S/C10H10N2/c1-3-9(11)8-6-7(2)4-5-10(8)12/h1,4-6,11H,12H2,2H3. The molecule has 0 saturated heterocycles. The van der Waals surface area contributed by atoms with Crippen LogP contribution in [-0.2, 0) is 0 Å². The van der Waals surface area contributed by atoms with Crippen LogP contribution in [-0.4, -0.2) is 5.71 Å². The highest BCUT2D eigenvalue weighted by atomic mass is 14.6. The van der Waals surface area contributed by atoms with E-state index in [0.29, 0.717) is 11.3 Å². The van der Waals surface area contributed by atoms with Crippen molar-refractivity contribution < 1.29 is 0 Å². The van der Waals surface area contributed by atoms with E-state index in [9.17, 15) is 0 Å². The second-order valence-corrected chi connectivity index (χ2v) is 2.61. The zero-order chi connectivity index (χ0) is 9.14. The highest BCUT2D eigenvalue weighted by molar-refractivity contribution is 6.13. The first-order valence-electron chi connectivity index (χ1n) is 3.57. The Labute approximate surface area is 71.9 Å². The van der Waals surface area contributed by atoms with Gasteiger partial charge in [-0.1, -0.05) is 17.6 Å². The van der Waals surface area contributed by atoms with Crippen molar-refractivity contribution in [1.29, 1.82) is 5.41 Å². The molecule has 0 unspecified atom stereocenters. The average molecular weight is 158 g/mol. The van der Waals surface area contributed by atoms with Gasteiger partial charge in [0.25, 0.3) is 0 Å². The van der Waals surface area contributed by atoms with E-state index >= 15 is 0 Å². The van der Waals surface area contributed by atoms with Crippen LogP contribution in [0.15, 0.2) is 18.2 Å². The monoisotopic (exact) mass is 158 g/mol. The van der Waals surface area contributed by atoms with Crippen LogP contribution in [0, 0.1) is 24.7 Å². The Balaban J connectivity index is 3.25. The van der Waals surface area contributed by atoms with Crippen LogP contribution in [0.3, 0.4) is 0 Å². The van der Waals surface area contributed by atoms with Gasteiger partial charge in [0.05, 0.1) is 0 Å². The molecule has 0 radical (unpaired) electrons. The molecule has 1 aromatic rings. The third kappa shape index (κ3) is 1.46. The summed E-state index contributed by atoms with van der Waals surface area (Å²) in [4.78, 5) is 0. The Bertz CT molecular complexity index is 359. The van der Waals surface area contributed by atoms with E-state index in [4.69, 9.17) is 17.6 Å². The van der Waals surface area contributed by atoms with E-state index in [2.05, 4.69) is 5.92 Å². The topological polar surface area (TPSA) is 49.9 Å². The summed E-state index contributed by atoms with van der Waals surface area (Å²) < 4.78 is 0. The lowest BCUT2D eigenvalue weighted by Gasteiger charge is -2.02. The molecule has 2 nitrogen and oxygen atoms in total. The molecule has 0 aliphatic carbocycles. The van der Waals surface area contributed by atoms with Crippen LogP contribution in [0.25, 0.3) is 0 Å². The fraction of sp³-hybridized carbons (Fsp3) is 0.100. The van der Waals surface area contributed by atoms with Gasteiger partial charge in [0, 0.05) is 11.3 Å². The zero-order valence-electron chi connectivity index (χ0n) is 6.89. The lowest BCUT2D eigenvalue weighted by molar-refractivity contribution is 1.44. The maximum Gasteiger partial charge on any atom is 0.113 e. The van der Waals surface area contributed by atoms with Gasteiger partial charge in [-0.15, -0.1) is 6.42 Å². The summed E-state index contributed by atoms with van der Waals surface area (Å²) in [5.41, 5.74) is 8.02. The number of aryl methyl sites for hydroxylation is 1. The van der Waals surface area contributed by atoms with Gasteiger partial charge >= 0.3 is 0 Å². The highest BCUT2D eigenvalue weighted by Gasteiger charge is 2.02. The van der Waals surface area contributed by atoms with E-state index in [1.54, 1.807) is 6.07 Å². The second-order valence-electron chi connectivity index (χ2n) is 2.61. The van der Waals surface area contributed by atoms with Crippen LogP contribution in [0.2, 0.25) is 0 Å². The molecule has 0 amide bonds. The van der Waals surface area contributed by atoms with Gasteiger partial charge in [0.2, 0.25) is 0 Å². The predicted octanol–water partition coefficient (Wildman–Crippen LogP) is 1.58. The summed E-state index contributed by atoms with van der Waals surface area (Å²) in [5.74, 6) is 2.25. The molecule has 12 heavy (non-hydrogen) atoms. The fourth-order valence-electron chi connectivity index (χ4n) is 0.964. The normalized spacial score (nSPS) is 9.00. The maximum absolute atomic E-state index is 7.40. The summed E-state index contributed by atoms with van der Waals surface area (Å²) in [7, 11) is 0. The van der Waals surface area contributed by atoms with E-state index in [-0.39, 0.29) is 5.71 Å². The lowest BCUT2D eigenvalue weighted by atomic mass is 10.1. The first kappa shape index (κ1) is 8.35. The molecule has 0 aliphatic rings. The van der Waals surface area contributed by atoms with Crippen molar-refractivity contribution in [3.63, 3.8) is 0 Å². The number of nitrogens with one attached hydrogen (secondary N) is 1. The number of hydrogen-bond donors (Lipinski definition) is 2. The van der Waals surface area contributed by atoms with Gasteiger partial charge in [-0.3, -0.25) is 5.41 Å². The molecule has 3 N–H and O–H groups in total. The predicted molar refractivity (Wildman–Crippen MR) is 51.3 cm³/mol. The number of terminal acetylenes is 1. The van der Waals surface area contributed by atoms with Crippen molar-refractivity contribution in [1.82, 2.24) is 0 Å². The summed E-state index contributed by atoms with van der Waals surface area (Å²) in [5, 5.41) is 7.40. The first-order valence-corrected chi connectivity index (χ1v) is 3.57. The van der Waals surface area contributed by atoms with Crippen molar-refractivity contribution in [2.45, 2.75) is 6.92 Å². The second kappa shape index (κ2) is 3.10. The Morgan fingerprint density at radius 3 is 2.83 bits per heavy atom. The smallest absolute Gasteiger partial charge is 0.113 e. The third-order valence-electron chi connectivity index (χ3n) is 1.62. The molecule has 0 saturated carbocycles. The minimum absolute atomic E-state index is 0.135. The van der Waals surface area contributed by atoms with Crippen LogP contribution in [0.5, 0.6) is 0 Å². The van der Waals surface area contributed by atoms with E-state index in [1.165, 1.54) is 0 Å². The van der Waals surface area contributed by atoms with E-state index in [1.807, 2.05) is 19.1 Å². The van der Waals surface area contributed by atoms with Crippen molar-refractivity contribution in [3.05, 3.63) is 29.3 Å². The molecule has 0 fully saturated rings. The number of anilines is 1. The summed E-state index contributed by atoms with van der Waals surface area (Å²) in [6, 6.07) is 5.47. The van der Waals surface area contributed by atoms with Crippen molar-refractivity contribution in [2.75, 3.05) is 5.73 Å².